The molecule has 0 unspecified atom stereocenters. The van der Waals surface area contributed by atoms with Gasteiger partial charge < -0.3 is 4.57 Å². The Morgan fingerprint density at radius 2 is 0.875 bits per heavy atom. The van der Waals surface area contributed by atoms with Gasteiger partial charge in [-0.25, -0.2) is 9.97 Å². The molecule has 7 aromatic carbocycles. The second-order valence-corrected chi connectivity index (χ2v) is 12.2. The van der Waals surface area contributed by atoms with Crippen molar-refractivity contribution in [3.63, 3.8) is 0 Å². The van der Waals surface area contributed by atoms with Gasteiger partial charge >= 0.3 is 0 Å². The molecule has 0 saturated heterocycles. The summed E-state index contributed by atoms with van der Waals surface area (Å²) >= 11 is 0. The van der Waals surface area contributed by atoms with Gasteiger partial charge in [0.2, 0.25) is 0 Å². The van der Waals surface area contributed by atoms with E-state index >= 15 is 0 Å². The van der Waals surface area contributed by atoms with Crippen molar-refractivity contribution >= 4 is 54.6 Å². The zero-order valence-electron chi connectivity index (χ0n) is 26.0. The molecule has 48 heavy (non-hydrogen) atoms. The molecular formula is C44H28N4. The quantitative estimate of drug-likeness (QED) is 0.198. The smallest absolute Gasteiger partial charge is 0.165 e. The van der Waals surface area contributed by atoms with Crippen molar-refractivity contribution in [2.45, 2.75) is 0 Å². The monoisotopic (exact) mass is 612 g/mol. The lowest BCUT2D eigenvalue weighted by atomic mass is 10.0. The van der Waals surface area contributed by atoms with E-state index in [1.807, 2.05) is 18.2 Å². The Hall–Kier alpha value is -6.52. The van der Waals surface area contributed by atoms with Gasteiger partial charge in [-0.3, -0.25) is 4.57 Å². The normalized spacial score (nSPS) is 11.8. The van der Waals surface area contributed by atoms with Crippen LogP contribution in [-0.2, 0) is 0 Å². The minimum atomic E-state index is 0.816. The van der Waals surface area contributed by atoms with E-state index in [0.29, 0.717) is 0 Å². The predicted octanol–water partition coefficient (Wildman–Crippen LogP) is 11.2. The topological polar surface area (TPSA) is 35.6 Å². The highest BCUT2D eigenvalue weighted by atomic mass is 15.1. The Morgan fingerprint density at radius 3 is 1.58 bits per heavy atom. The first kappa shape index (κ1) is 26.7. The third kappa shape index (κ3) is 3.96. The highest BCUT2D eigenvalue weighted by molar-refractivity contribution is 6.29. The van der Waals surface area contributed by atoms with Crippen molar-refractivity contribution in [1.29, 1.82) is 0 Å². The summed E-state index contributed by atoms with van der Waals surface area (Å²) in [5.74, 6) is 0.816. The Balaban J connectivity index is 1.33. The van der Waals surface area contributed by atoms with E-state index in [0.717, 1.165) is 50.4 Å². The Morgan fingerprint density at radius 1 is 0.354 bits per heavy atom. The highest BCUT2D eigenvalue weighted by Gasteiger charge is 2.23. The first-order chi connectivity index (χ1) is 23.8. The van der Waals surface area contributed by atoms with Crippen LogP contribution >= 0.6 is 0 Å². The van der Waals surface area contributed by atoms with E-state index in [9.17, 15) is 0 Å². The average Bonchev–Trinajstić information content (AvgIpc) is 3.68. The Kier molecular flexibility index (Phi) is 5.84. The summed E-state index contributed by atoms with van der Waals surface area (Å²) in [7, 11) is 0. The van der Waals surface area contributed by atoms with Crippen LogP contribution in [0.25, 0.3) is 88.5 Å². The van der Waals surface area contributed by atoms with Crippen molar-refractivity contribution in [1.82, 2.24) is 19.1 Å². The summed E-state index contributed by atoms with van der Waals surface area (Å²) in [5, 5.41) is 4.87. The summed E-state index contributed by atoms with van der Waals surface area (Å²) in [4.78, 5) is 10.7. The van der Waals surface area contributed by atoms with Crippen molar-refractivity contribution in [3.8, 4) is 33.9 Å². The number of rotatable bonds is 4. The first-order valence-electron chi connectivity index (χ1n) is 16.3. The van der Waals surface area contributed by atoms with Crippen LogP contribution in [0.15, 0.2) is 170 Å². The zero-order valence-corrected chi connectivity index (χ0v) is 26.0. The molecule has 0 radical (unpaired) electrons. The molecule has 0 fully saturated rings. The fourth-order valence-electron chi connectivity index (χ4n) is 7.42. The van der Waals surface area contributed by atoms with E-state index in [2.05, 4.69) is 161 Å². The summed E-state index contributed by atoms with van der Waals surface area (Å²) in [6.45, 7) is 0. The average molecular weight is 613 g/mol. The maximum Gasteiger partial charge on any atom is 0.165 e. The maximum absolute atomic E-state index is 5.39. The van der Waals surface area contributed by atoms with Crippen molar-refractivity contribution in [2.75, 3.05) is 0 Å². The molecule has 3 heterocycles. The molecule has 0 spiro atoms. The van der Waals surface area contributed by atoms with Crippen LogP contribution in [0.2, 0.25) is 0 Å². The number of aromatic nitrogens is 4. The summed E-state index contributed by atoms with van der Waals surface area (Å²) in [6, 6.07) is 59.9. The third-order valence-electron chi connectivity index (χ3n) is 9.49. The largest absolute Gasteiger partial charge is 0.309 e. The van der Waals surface area contributed by atoms with Crippen LogP contribution in [0.3, 0.4) is 0 Å². The molecular weight excluding hydrogens is 585 g/mol. The lowest BCUT2D eigenvalue weighted by molar-refractivity contribution is 1.08. The highest BCUT2D eigenvalue weighted by Crippen LogP contribution is 2.43. The molecule has 4 heteroatoms. The van der Waals surface area contributed by atoms with Crippen molar-refractivity contribution in [2.24, 2.45) is 0 Å². The summed E-state index contributed by atoms with van der Waals surface area (Å²) in [6.07, 6.45) is 0. The van der Waals surface area contributed by atoms with Crippen LogP contribution in [0, 0.1) is 0 Å². The number of fused-ring (bicyclic) bond motifs is 8. The van der Waals surface area contributed by atoms with Crippen LogP contribution < -0.4 is 0 Å². The summed E-state index contributed by atoms with van der Waals surface area (Å²) in [5.41, 5.74) is 11.6. The van der Waals surface area contributed by atoms with E-state index in [4.69, 9.17) is 9.97 Å². The molecule has 10 aromatic rings. The molecule has 10 rings (SSSR count). The van der Waals surface area contributed by atoms with Gasteiger partial charge in [-0.15, -0.1) is 0 Å². The molecule has 224 valence electrons. The number of benzene rings is 7. The molecule has 0 aliphatic heterocycles. The number of para-hydroxylation sites is 5. The Labute approximate surface area is 276 Å². The van der Waals surface area contributed by atoms with Crippen LogP contribution in [0.5, 0.6) is 0 Å². The van der Waals surface area contributed by atoms with E-state index in [1.54, 1.807) is 0 Å². The van der Waals surface area contributed by atoms with Gasteiger partial charge in [0.15, 0.2) is 5.82 Å². The van der Waals surface area contributed by atoms with Gasteiger partial charge in [-0.2, -0.15) is 0 Å². The second-order valence-electron chi connectivity index (χ2n) is 12.2. The van der Waals surface area contributed by atoms with Crippen LogP contribution in [0.1, 0.15) is 0 Å². The minimum absolute atomic E-state index is 0.816. The molecule has 4 nitrogen and oxygen atoms in total. The maximum atomic E-state index is 5.39. The fraction of sp³-hybridized carbons (Fsp3) is 0. The lowest BCUT2D eigenvalue weighted by Crippen LogP contribution is -2.03. The van der Waals surface area contributed by atoms with Gasteiger partial charge in [-0.1, -0.05) is 115 Å². The molecule has 0 aliphatic rings. The number of hydrogen-bond donors (Lipinski definition) is 0. The number of nitrogens with zero attached hydrogens (tertiary/aromatic N) is 4. The molecule has 0 amide bonds. The van der Waals surface area contributed by atoms with Gasteiger partial charge in [0, 0.05) is 32.8 Å². The third-order valence-corrected chi connectivity index (χ3v) is 9.49. The van der Waals surface area contributed by atoms with E-state index in [-0.39, 0.29) is 0 Å². The fourth-order valence-corrected chi connectivity index (χ4v) is 7.42. The van der Waals surface area contributed by atoms with E-state index in [1.165, 1.54) is 38.1 Å². The minimum Gasteiger partial charge on any atom is -0.309 e. The Bertz CT molecular complexity index is 2830. The first-order valence-corrected chi connectivity index (χ1v) is 16.3. The molecule has 0 bridgehead atoms. The molecule has 0 N–H and O–H groups in total. The van der Waals surface area contributed by atoms with E-state index < -0.39 is 0 Å². The van der Waals surface area contributed by atoms with Gasteiger partial charge in [0.05, 0.1) is 33.1 Å². The number of hydrogen-bond acceptors (Lipinski definition) is 2. The van der Waals surface area contributed by atoms with Gasteiger partial charge in [0.25, 0.3) is 0 Å². The molecule has 0 atom stereocenters. The van der Waals surface area contributed by atoms with Crippen LogP contribution in [-0.4, -0.2) is 19.1 Å². The predicted molar refractivity (Wildman–Crippen MR) is 199 cm³/mol. The zero-order chi connectivity index (χ0) is 31.6. The lowest BCUT2D eigenvalue weighted by Gasteiger charge is -2.14. The van der Waals surface area contributed by atoms with Gasteiger partial charge in [0.1, 0.15) is 5.69 Å². The van der Waals surface area contributed by atoms with Crippen molar-refractivity contribution < 1.29 is 0 Å². The second kappa shape index (κ2) is 10.5. The molecule has 0 saturated carbocycles. The SMILES string of the molecule is c1ccc(-c2cccc(-c3nc4ccccc4nc3-n3c4ccccc4c4c5c6ccccc6n(-c6ccccc6)c5ccc43)c2)cc1. The van der Waals surface area contributed by atoms with Crippen molar-refractivity contribution in [3.05, 3.63) is 170 Å². The summed E-state index contributed by atoms with van der Waals surface area (Å²) < 4.78 is 4.70. The molecule has 3 aromatic heterocycles. The van der Waals surface area contributed by atoms with Crippen LogP contribution in [0.4, 0.5) is 0 Å². The van der Waals surface area contributed by atoms with Gasteiger partial charge in [-0.05, 0) is 65.7 Å². The standard InChI is InChI=1S/C44H28N4/c1-3-14-29(15-4-1)30-16-13-17-31(28-30)43-44(46-36-23-10-9-22-35(36)45-43)48-38-25-12-8-21-34(38)42-40(48)27-26-39-41(42)33-20-7-11-24-37(33)47(39)32-18-5-2-6-19-32/h1-28H. The molecule has 0 aliphatic carbocycles.